The van der Waals surface area contributed by atoms with E-state index in [0.717, 1.165) is 31.1 Å². The van der Waals surface area contributed by atoms with Gasteiger partial charge in [-0.25, -0.2) is 4.98 Å². The molecule has 8 nitrogen and oxygen atoms in total. The Morgan fingerprint density at radius 2 is 2.27 bits per heavy atom. The normalized spacial score (nSPS) is 17.4. The summed E-state index contributed by atoms with van der Waals surface area (Å²) < 4.78 is 7.27. The van der Waals surface area contributed by atoms with Crippen LogP contribution >= 0.6 is 0 Å². The van der Waals surface area contributed by atoms with Crippen LogP contribution in [0.3, 0.4) is 0 Å². The highest BCUT2D eigenvalue weighted by Gasteiger charge is 2.17. The van der Waals surface area contributed by atoms with E-state index in [9.17, 15) is 4.79 Å². The molecule has 1 aliphatic rings. The van der Waals surface area contributed by atoms with E-state index >= 15 is 0 Å². The molecule has 134 valence electrons. The van der Waals surface area contributed by atoms with Crippen molar-refractivity contribution in [3.8, 4) is 0 Å². The Bertz CT molecular complexity index is 907. The van der Waals surface area contributed by atoms with E-state index in [-0.39, 0.29) is 12.0 Å². The highest BCUT2D eigenvalue weighted by Crippen LogP contribution is 2.15. The van der Waals surface area contributed by atoms with Crippen LogP contribution in [-0.4, -0.2) is 51.3 Å². The van der Waals surface area contributed by atoms with Crippen LogP contribution in [0.2, 0.25) is 0 Å². The largest absolute Gasteiger partial charge is 0.375 e. The second kappa shape index (κ2) is 7.09. The number of nitrogens with one attached hydrogen (secondary N) is 1. The summed E-state index contributed by atoms with van der Waals surface area (Å²) in [6.45, 7) is 4.89. The Balaban J connectivity index is 1.37. The van der Waals surface area contributed by atoms with E-state index in [4.69, 9.17) is 4.74 Å². The lowest BCUT2D eigenvalue weighted by Gasteiger charge is -2.32. The summed E-state index contributed by atoms with van der Waals surface area (Å²) in [5, 5.41) is 10.6. The molecule has 1 amide bonds. The third-order valence-electron chi connectivity index (χ3n) is 4.38. The maximum atomic E-state index is 12.3. The number of carbonyl (C=O) groups is 1. The molecule has 8 heteroatoms. The molecule has 1 fully saturated rings. The number of anilines is 1. The van der Waals surface area contributed by atoms with Gasteiger partial charge in [-0.05, 0) is 30.7 Å². The first-order chi connectivity index (χ1) is 12.7. The smallest absolute Gasteiger partial charge is 0.253 e. The van der Waals surface area contributed by atoms with Gasteiger partial charge in [0, 0.05) is 32.0 Å². The fourth-order valence-corrected chi connectivity index (χ4v) is 2.98. The number of rotatable bonds is 4. The average Bonchev–Trinajstić information content (AvgIpc) is 3.14. The first-order valence-corrected chi connectivity index (χ1v) is 8.58. The first-order valence-electron chi connectivity index (χ1n) is 8.58. The standard InChI is InChI=1S/C18H20N6O2/c1-13-10-23(6-7-26-13)16-4-2-14(8-19-16)9-20-18(25)15-3-5-17-22-21-12-24(17)11-15/h2-5,8,11-13H,6-7,9-10H2,1H3,(H,20,25). The van der Waals surface area contributed by atoms with Gasteiger partial charge in [0.2, 0.25) is 0 Å². The van der Waals surface area contributed by atoms with Crippen molar-refractivity contribution in [2.45, 2.75) is 19.6 Å². The maximum Gasteiger partial charge on any atom is 0.253 e. The molecule has 0 spiro atoms. The SMILES string of the molecule is CC1CN(c2ccc(CNC(=O)c3ccc4nncn4c3)cn2)CCO1. The molecule has 1 N–H and O–H groups in total. The van der Waals surface area contributed by atoms with Gasteiger partial charge >= 0.3 is 0 Å². The first kappa shape index (κ1) is 16.5. The van der Waals surface area contributed by atoms with E-state index in [1.807, 2.05) is 12.1 Å². The van der Waals surface area contributed by atoms with Gasteiger partial charge in [0.05, 0.1) is 18.3 Å². The Labute approximate surface area is 150 Å². The van der Waals surface area contributed by atoms with Gasteiger partial charge in [0.1, 0.15) is 12.1 Å². The molecule has 0 aliphatic carbocycles. The number of ether oxygens (including phenoxy) is 1. The fraction of sp³-hybridized carbons (Fsp3) is 0.333. The number of pyridine rings is 2. The number of carbonyl (C=O) groups excluding carboxylic acids is 1. The van der Waals surface area contributed by atoms with E-state index in [1.165, 1.54) is 0 Å². The zero-order valence-electron chi connectivity index (χ0n) is 14.5. The molecule has 0 radical (unpaired) electrons. The molecule has 4 rings (SSSR count). The Kier molecular flexibility index (Phi) is 4.49. The van der Waals surface area contributed by atoms with Crippen LogP contribution in [0.1, 0.15) is 22.8 Å². The van der Waals surface area contributed by atoms with E-state index < -0.39 is 0 Å². The third kappa shape index (κ3) is 3.50. The number of fused-ring (bicyclic) bond motifs is 1. The molecular weight excluding hydrogens is 332 g/mol. The average molecular weight is 352 g/mol. The zero-order valence-corrected chi connectivity index (χ0v) is 14.5. The minimum absolute atomic E-state index is 0.147. The number of aromatic nitrogens is 4. The lowest BCUT2D eigenvalue weighted by Crippen LogP contribution is -2.41. The van der Waals surface area contributed by atoms with Crippen molar-refractivity contribution in [1.29, 1.82) is 0 Å². The maximum absolute atomic E-state index is 12.3. The number of morpholine rings is 1. The molecule has 0 saturated carbocycles. The second-order valence-corrected chi connectivity index (χ2v) is 6.35. The highest BCUT2D eigenvalue weighted by molar-refractivity contribution is 5.94. The minimum atomic E-state index is -0.147. The summed E-state index contributed by atoms with van der Waals surface area (Å²) >= 11 is 0. The van der Waals surface area contributed by atoms with E-state index in [2.05, 4.69) is 32.3 Å². The van der Waals surface area contributed by atoms with Crippen molar-refractivity contribution < 1.29 is 9.53 Å². The molecule has 26 heavy (non-hydrogen) atoms. The van der Waals surface area contributed by atoms with Crippen molar-refractivity contribution >= 4 is 17.4 Å². The van der Waals surface area contributed by atoms with Gasteiger partial charge in [-0.2, -0.15) is 0 Å². The number of amides is 1. The molecule has 1 atom stereocenters. The summed E-state index contributed by atoms with van der Waals surface area (Å²) in [4.78, 5) is 19.1. The van der Waals surface area contributed by atoms with Crippen molar-refractivity contribution in [3.63, 3.8) is 0 Å². The van der Waals surface area contributed by atoms with Crippen LogP contribution < -0.4 is 10.2 Å². The predicted octanol–water partition coefficient (Wildman–Crippen LogP) is 1.28. The molecule has 0 aromatic carbocycles. The predicted molar refractivity (Wildman–Crippen MR) is 96.0 cm³/mol. The van der Waals surface area contributed by atoms with Crippen molar-refractivity contribution in [2.24, 2.45) is 0 Å². The lowest BCUT2D eigenvalue weighted by atomic mass is 10.2. The molecule has 3 aromatic heterocycles. The zero-order chi connectivity index (χ0) is 17.9. The summed E-state index contributed by atoms with van der Waals surface area (Å²) in [6.07, 6.45) is 5.30. The summed E-state index contributed by atoms with van der Waals surface area (Å²) in [6, 6.07) is 7.48. The third-order valence-corrected chi connectivity index (χ3v) is 4.38. The molecule has 1 unspecified atom stereocenters. The van der Waals surface area contributed by atoms with Gasteiger partial charge < -0.3 is 15.0 Å². The Hall–Kier alpha value is -3.00. The van der Waals surface area contributed by atoms with Gasteiger partial charge in [-0.1, -0.05) is 6.07 Å². The van der Waals surface area contributed by atoms with E-state index in [1.54, 1.807) is 35.3 Å². The fourth-order valence-electron chi connectivity index (χ4n) is 2.98. The van der Waals surface area contributed by atoms with Crippen LogP contribution in [0.5, 0.6) is 0 Å². The topological polar surface area (TPSA) is 84.7 Å². The molecule has 4 heterocycles. The van der Waals surface area contributed by atoms with E-state index in [0.29, 0.717) is 17.8 Å². The van der Waals surface area contributed by atoms with Gasteiger partial charge in [-0.15, -0.1) is 10.2 Å². The van der Waals surface area contributed by atoms with Crippen molar-refractivity contribution in [1.82, 2.24) is 24.9 Å². The quantitative estimate of drug-likeness (QED) is 0.761. The molecular formula is C18H20N6O2. The van der Waals surface area contributed by atoms with Gasteiger partial charge in [-0.3, -0.25) is 9.20 Å². The summed E-state index contributed by atoms with van der Waals surface area (Å²) in [5.41, 5.74) is 2.22. The van der Waals surface area contributed by atoms with Crippen LogP contribution in [0.4, 0.5) is 5.82 Å². The van der Waals surface area contributed by atoms with Gasteiger partial charge in [0.25, 0.3) is 5.91 Å². The number of nitrogens with zero attached hydrogens (tertiary/aromatic N) is 5. The van der Waals surface area contributed by atoms with Crippen LogP contribution in [-0.2, 0) is 11.3 Å². The Morgan fingerprint density at radius 3 is 3.08 bits per heavy atom. The summed E-state index contributed by atoms with van der Waals surface area (Å²) in [7, 11) is 0. The molecule has 0 bridgehead atoms. The lowest BCUT2D eigenvalue weighted by molar-refractivity contribution is 0.0529. The summed E-state index contributed by atoms with van der Waals surface area (Å²) in [5.74, 6) is 0.792. The van der Waals surface area contributed by atoms with Crippen LogP contribution in [0, 0.1) is 0 Å². The minimum Gasteiger partial charge on any atom is -0.375 e. The number of hydrogen-bond donors (Lipinski definition) is 1. The highest BCUT2D eigenvalue weighted by atomic mass is 16.5. The second-order valence-electron chi connectivity index (χ2n) is 6.35. The molecule has 1 aliphatic heterocycles. The monoisotopic (exact) mass is 352 g/mol. The van der Waals surface area contributed by atoms with Gasteiger partial charge in [0.15, 0.2) is 5.65 Å². The Morgan fingerprint density at radius 1 is 1.35 bits per heavy atom. The molecule has 1 saturated heterocycles. The molecule has 3 aromatic rings. The van der Waals surface area contributed by atoms with Crippen molar-refractivity contribution in [2.75, 3.05) is 24.6 Å². The van der Waals surface area contributed by atoms with Crippen LogP contribution in [0.25, 0.3) is 5.65 Å². The van der Waals surface area contributed by atoms with Crippen LogP contribution in [0.15, 0.2) is 43.0 Å². The van der Waals surface area contributed by atoms with Crippen molar-refractivity contribution in [3.05, 3.63) is 54.1 Å². The number of hydrogen-bond acceptors (Lipinski definition) is 6.